The zero-order valence-corrected chi connectivity index (χ0v) is 11.3. The molecule has 0 bridgehead atoms. The summed E-state index contributed by atoms with van der Waals surface area (Å²) in [5.74, 6) is -0.722. The molecule has 105 valence electrons. The lowest BCUT2D eigenvalue weighted by Gasteiger charge is -2.08. The summed E-state index contributed by atoms with van der Waals surface area (Å²) in [6.45, 7) is 2.15. The third kappa shape index (κ3) is 3.17. The fraction of sp³-hybridized carbons (Fsp3) is 0.267. The summed E-state index contributed by atoms with van der Waals surface area (Å²) < 4.78 is 5.25. The van der Waals surface area contributed by atoms with Crippen molar-refractivity contribution >= 4 is 22.8 Å². The van der Waals surface area contributed by atoms with Crippen molar-refractivity contribution in [3.05, 3.63) is 42.5 Å². The van der Waals surface area contributed by atoms with Crippen molar-refractivity contribution in [3.63, 3.8) is 0 Å². The molecule has 0 fully saturated rings. The fourth-order valence-electron chi connectivity index (χ4n) is 1.90. The van der Waals surface area contributed by atoms with Crippen LogP contribution in [0, 0.1) is 12.3 Å². The molecular formula is C15H17N2O3. The van der Waals surface area contributed by atoms with Crippen LogP contribution in [0.15, 0.2) is 34.9 Å². The van der Waals surface area contributed by atoms with Gasteiger partial charge in [-0.1, -0.05) is 13.0 Å². The first-order chi connectivity index (χ1) is 9.59. The Kier molecular flexibility index (Phi) is 4.40. The first-order valence-corrected chi connectivity index (χ1v) is 6.45. The van der Waals surface area contributed by atoms with Gasteiger partial charge in [0, 0.05) is 17.8 Å². The van der Waals surface area contributed by atoms with E-state index in [4.69, 9.17) is 10.2 Å². The third-order valence-corrected chi connectivity index (χ3v) is 3.15. The van der Waals surface area contributed by atoms with Crippen LogP contribution in [0.1, 0.15) is 23.7 Å². The minimum Gasteiger partial charge on any atom is -0.464 e. The maximum atomic E-state index is 12.1. The number of nitrogens with one attached hydrogen (secondary N) is 1. The van der Waals surface area contributed by atoms with Crippen LogP contribution in [0.3, 0.4) is 0 Å². The van der Waals surface area contributed by atoms with Gasteiger partial charge in [-0.15, -0.1) is 0 Å². The lowest BCUT2D eigenvalue weighted by molar-refractivity contribution is -0.121. The van der Waals surface area contributed by atoms with Crippen molar-refractivity contribution in [1.29, 1.82) is 0 Å². The molecule has 2 rings (SSSR count). The predicted molar refractivity (Wildman–Crippen MR) is 75.8 cm³/mol. The average molecular weight is 273 g/mol. The van der Waals surface area contributed by atoms with E-state index in [-0.39, 0.29) is 17.7 Å². The van der Waals surface area contributed by atoms with E-state index in [0.717, 1.165) is 5.39 Å². The van der Waals surface area contributed by atoms with Crippen LogP contribution in [0.4, 0.5) is 0 Å². The first kappa shape index (κ1) is 14.1. The monoisotopic (exact) mass is 273 g/mol. The largest absolute Gasteiger partial charge is 0.464 e. The maximum Gasteiger partial charge on any atom is 0.252 e. The van der Waals surface area contributed by atoms with Gasteiger partial charge in [0.05, 0.1) is 11.8 Å². The van der Waals surface area contributed by atoms with Crippen molar-refractivity contribution in [2.75, 3.05) is 6.54 Å². The number of fused-ring (bicyclic) bond motifs is 1. The fourth-order valence-corrected chi connectivity index (χ4v) is 1.90. The highest BCUT2D eigenvalue weighted by molar-refractivity contribution is 6.05. The Morgan fingerprint density at radius 3 is 2.95 bits per heavy atom. The molecule has 0 unspecified atom stereocenters. The van der Waals surface area contributed by atoms with E-state index in [9.17, 15) is 9.59 Å². The lowest BCUT2D eigenvalue weighted by atomic mass is 10.1. The van der Waals surface area contributed by atoms with Gasteiger partial charge < -0.3 is 15.5 Å². The molecule has 1 heterocycles. The SMILES string of the molecule is C[C@H](C[CH]CNC(=O)c1cccc2occc12)C(N)=O. The van der Waals surface area contributed by atoms with Crippen LogP contribution in [-0.2, 0) is 4.79 Å². The van der Waals surface area contributed by atoms with Crippen molar-refractivity contribution in [3.8, 4) is 0 Å². The van der Waals surface area contributed by atoms with E-state index in [1.165, 1.54) is 0 Å². The zero-order chi connectivity index (χ0) is 14.5. The molecule has 1 aromatic heterocycles. The summed E-state index contributed by atoms with van der Waals surface area (Å²) in [6, 6.07) is 7.11. The predicted octanol–water partition coefficient (Wildman–Crippen LogP) is 1.88. The number of nitrogens with two attached hydrogens (primary N) is 1. The summed E-state index contributed by atoms with van der Waals surface area (Å²) in [5, 5.41) is 3.57. The molecule has 0 saturated heterocycles. The van der Waals surface area contributed by atoms with Crippen molar-refractivity contribution in [2.24, 2.45) is 11.7 Å². The molecule has 2 aromatic rings. The van der Waals surface area contributed by atoms with Gasteiger partial charge in [-0.3, -0.25) is 9.59 Å². The molecule has 0 aliphatic carbocycles. The van der Waals surface area contributed by atoms with Gasteiger partial charge in [0.2, 0.25) is 5.91 Å². The molecular weight excluding hydrogens is 256 g/mol. The van der Waals surface area contributed by atoms with Gasteiger partial charge in [-0.2, -0.15) is 0 Å². The van der Waals surface area contributed by atoms with E-state index >= 15 is 0 Å². The molecule has 5 heteroatoms. The zero-order valence-electron chi connectivity index (χ0n) is 11.3. The Bertz CT molecular complexity index is 618. The van der Waals surface area contributed by atoms with Crippen molar-refractivity contribution in [2.45, 2.75) is 13.3 Å². The van der Waals surface area contributed by atoms with Gasteiger partial charge in [-0.25, -0.2) is 0 Å². The van der Waals surface area contributed by atoms with E-state index in [1.54, 1.807) is 31.4 Å². The van der Waals surface area contributed by atoms with Gasteiger partial charge in [0.15, 0.2) is 0 Å². The highest BCUT2D eigenvalue weighted by Crippen LogP contribution is 2.19. The summed E-state index contributed by atoms with van der Waals surface area (Å²) in [5.41, 5.74) is 6.42. The number of furan rings is 1. The lowest BCUT2D eigenvalue weighted by Crippen LogP contribution is -2.26. The average Bonchev–Trinajstić information content (AvgIpc) is 2.90. The Morgan fingerprint density at radius 2 is 2.20 bits per heavy atom. The molecule has 2 amide bonds. The van der Waals surface area contributed by atoms with Crippen molar-refractivity contribution < 1.29 is 14.0 Å². The summed E-state index contributed by atoms with van der Waals surface area (Å²) in [6.07, 6.45) is 3.94. The topological polar surface area (TPSA) is 85.3 Å². The minimum atomic E-state index is -0.337. The third-order valence-electron chi connectivity index (χ3n) is 3.15. The van der Waals surface area contributed by atoms with Gasteiger partial charge in [-0.05, 0) is 31.0 Å². The summed E-state index contributed by atoms with van der Waals surface area (Å²) in [4.78, 5) is 22.9. The molecule has 0 aliphatic heterocycles. The van der Waals surface area contributed by atoms with E-state index in [2.05, 4.69) is 5.32 Å². The minimum absolute atomic E-state index is 0.167. The van der Waals surface area contributed by atoms with Gasteiger partial charge >= 0.3 is 0 Å². The van der Waals surface area contributed by atoms with E-state index in [0.29, 0.717) is 24.1 Å². The second-order valence-corrected chi connectivity index (χ2v) is 4.68. The number of hydrogen-bond donors (Lipinski definition) is 2. The number of carbonyl (C=O) groups excluding carboxylic acids is 2. The van der Waals surface area contributed by atoms with Gasteiger partial charge in [0.25, 0.3) is 5.91 Å². The molecule has 0 spiro atoms. The Hall–Kier alpha value is -2.30. The van der Waals surface area contributed by atoms with Crippen LogP contribution >= 0.6 is 0 Å². The van der Waals surface area contributed by atoms with E-state index in [1.807, 2.05) is 12.5 Å². The standard InChI is InChI=1S/C15H17N2O3/c1-10(14(16)18)4-3-8-17-15(19)12-5-2-6-13-11(12)7-9-20-13/h2-3,5-7,9-10H,4,8H2,1H3,(H2,16,18)(H,17,19)/t10-/m1/s1. The summed E-state index contributed by atoms with van der Waals surface area (Å²) in [7, 11) is 0. The van der Waals surface area contributed by atoms with Crippen LogP contribution in [-0.4, -0.2) is 18.4 Å². The Balaban J connectivity index is 1.89. The number of primary amides is 1. The van der Waals surface area contributed by atoms with E-state index < -0.39 is 0 Å². The number of hydrogen-bond acceptors (Lipinski definition) is 3. The normalized spacial score (nSPS) is 12.2. The molecule has 0 aliphatic rings. The van der Waals surface area contributed by atoms with Crippen LogP contribution in [0.2, 0.25) is 0 Å². The number of benzene rings is 1. The summed E-state index contributed by atoms with van der Waals surface area (Å²) >= 11 is 0. The quantitative estimate of drug-likeness (QED) is 0.788. The smallest absolute Gasteiger partial charge is 0.252 e. The maximum absolute atomic E-state index is 12.1. The number of amides is 2. The molecule has 1 radical (unpaired) electrons. The number of carbonyl (C=O) groups is 2. The van der Waals surface area contributed by atoms with Crippen LogP contribution < -0.4 is 11.1 Å². The molecule has 5 nitrogen and oxygen atoms in total. The van der Waals surface area contributed by atoms with Crippen LogP contribution in [0.5, 0.6) is 0 Å². The molecule has 0 saturated carbocycles. The Labute approximate surface area is 117 Å². The molecule has 1 atom stereocenters. The van der Waals surface area contributed by atoms with Gasteiger partial charge in [0.1, 0.15) is 5.58 Å². The second kappa shape index (κ2) is 6.23. The van der Waals surface area contributed by atoms with Crippen molar-refractivity contribution in [1.82, 2.24) is 5.32 Å². The molecule has 1 aromatic carbocycles. The Morgan fingerprint density at radius 1 is 1.40 bits per heavy atom. The molecule has 3 N–H and O–H groups in total. The molecule has 20 heavy (non-hydrogen) atoms. The highest BCUT2D eigenvalue weighted by Gasteiger charge is 2.12. The first-order valence-electron chi connectivity index (χ1n) is 6.45. The number of rotatable bonds is 6. The second-order valence-electron chi connectivity index (χ2n) is 4.68. The van der Waals surface area contributed by atoms with Crippen LogP contribution in [0.25, 0.3) is 11.0 Å². The highest BCUT2D eigenvalue weighted by atomic mass is 16.3.